The van der Waals surface area contributed by atoms with Crippen molar-refractivity contribution in [3.8, 4) is 0 Å². The maximum atomic E-state index is 13.2. The Kier molecular flexibility index (Phi) is 5.35. The van der Waals surface area contributed by atoms with Crippen LogP contribution in [0.15, 0.2) is 36.5 Å². The van der Waals surface area contributed by atoms with E-state index in [2.05, 4.69) is 28.7 Å². The van der Waals surface area contributed by atoms with Crippen molar-refractivity contribution in [2.45, 2.75) is 32.9 Å². The Bertz CT molecular complexity index is 765. The fourth-order valence-electron chi connectivity index (χ4n) is 3.29. The van der Waals surface area contributed by atoms with Gasteiger partial charge in [-0.1, -0.05) is 26.0 Å². The largest absolute Gasteiger partial charge is 0.368 e. The van der Waals surface area contributed by atoms with Gasteiger partial charge in [0, 0.05) is 32.3 Å². The van der Waals surface area contributed by atoms with Crippen LogP contribution in [0.25, 0.3) is 0 Å². The molecule has 0 bridgehead atoms. The number of amides is 1. The summed E-state index contributed by atoms with van der Waals surface area (Å²) in [7, 11) is 0. The van der Waals surface area contributed by atoms with Crippen molar-refractivity contribution in [2.75, 3.05) is 23.7 Å². The molecular weight excluding hydrogens is 333 g/mol. The molecule has 1 aromatic carbocycles. The first-order valence-electron chi connectivity index (χ1n) is 8.81. The molecule has 0 aliphatic carbocycles. The first-order chi connectivity index (χ1) is 12.4. The molecule has 0 saturated carbocycles. The molecule has 1 amide bonds. The van der Waals surface area contributed by atoms with Crippen molar-refractivity contribution in [1.29, 1.82) is 0 Å². The SMILES string of the molecule is CC(C)C1CN(c2ccnc(N)n2)CCC(=O)N1Cc1ccc(F)cc1. The number of nitrogens with zero attached hydrogens (tertiary/aromatic N) is 4. The number of hydrogen-bond donors (Lipinski definition) is 1. The van der Waals surface area contributed by atoms with Gasteiger partial charge in [0.15, 0.2) is 0 Å². The van der Waals surface area contributed by atoms with Gasteiger partial charge < -0.3 is 15.5 Å². The van der Waals surface area contributed by atoms with Gasteiger partial charge in [-0.3, -0.25) is 4.79 Å². The molecule has 0 spiro atoms. The van der Waals surface area contributed by atoms with Gasteiger partial charge in [0.1, 0.15) is 11.6 Å². The zero-order valence-electron chi connectivity index (χ0n) is 15.1. The molecule has 1 fully saturated rings. The van der Waals surface area contributed by atoms with Gasteiger partial charge in [-0.05, 0) is 29.7 Å². The Morgan fingerprint density at radius 3 is 2.65 bits per heavy atom. The standard InChI is InChI=1S/C19H24FN5O/c1-13(2)16-12-24(17-7-9-22-19(21)23-17)10-8-18(26)25(16)11-14-3-5-15(20)6-4-14/h3-7,9,13,16H,8,10-12H2,1-2H3,(H2,21,22,23). The summed E-state index contributed by atoms with van der Waals surface area (Å²) in [5.74, 6) is 1.04. The minimum atomic E-state index is -0.274. The fraction of sp³-hybridized carbons (Fsp3) is 0.421. The number of nitrogen functional groups attached to an aromatic ring is 1. The lowest BCUT2D eigenvalue weighted by atomic mass is 10.0. The van der Waals surface area contributed by atoms with Crippen molar-refractivity contribution in [3.63, 3.8) is 0 Å². The zero-order valence-corrected chi connectivity index (χ0v) is 15.1. The van der Waals surface area contributed by atoms with Crippen LogP contribution in [-0.2, 0) is 11.3 Å². The molecule has 1 aromatic heterocycles. The fourth-order valence-corrected chi connectivity index (χ4v) is 3.29. The first-order valence-corrected chi connectivity index (χ1v) is 8.81. The molecule has 138 valence electrons. The molecule has 26 heavy (non-hydrogen) atoms. The number of benzene rings is 1. The van der Waals surface area contributed by atoms with Gasteiger partial charge in [0.25, 0.3) is 0 Å². The highest BCUT2D eigenvalue weighted by molar-refractivity contribution is 5.78. The summed E-state index contributed by atoms with van der Waals surface area (Å²) in [6, 6.07) is 8.15. The predicted octanol–water partition coefficient (Wildman–Crippen LogP) is 2.46. The predicted molar refractivity (Wildman–Crippen MR) is 98.9 cm³/mol. The minimum absolute atomic E-state index is 0.0197. The van der Waals surface area contributed by atoms with Crippen molar-refractivity contribution in [3.05, 3.63) is 47.9 Å². The first kappa shape index (κ1) is 18.1. The lowest BCUT2D eigenvalue weighted by molar-refractivity contribution is -0.134. The normalized spacial score (nSPS) is 18.3. The smallest absolute Gasteiger partial charge is 0.224 e. The quantitative estimate of drug-likeness (QED) is 0.910. The maximum Gasteiger partial charge on any atom is 0.224 e. The molecule has 1 aliphatic heterocycles. The van der Waals surface area contributed by atoms with E-state index >= 15 is 0 Å². The molecule has 1 aliphatic rings. The van der Waals surface area contributed by atoms with Crippen LogP contribution in [0.5, 0.6) is 0 Å². The summed E-state index contributed by atoms with van der Waals surface area (Å²) in [4.78, 5) is 25.0. The number of carbonyl (C=O) groups is 1. The van der Waals surface area contributed by atoms with Crippen LogP contribution in [0.2, 0.25) is 0 Å². The monoisotopic (exact) mass is 357 g/mol. The van der Waals surface area contributed by atoms with E-state index < -0.39 is 0 Å². The number of carbonyl (C=O) groups excluding carboxylic acids is 1. The van der Waals surface area contributed by atoms with E-state index in [9.17, 15) is 9.18 Å². The molecule has 1 unspecified atom stereocenters. The topological polar surface area (TPSA) is 75.4 Å². The number of anilines is 2. The Morgan fingerprint density at radius 2 is 2.00 bits per heavy atom. The van der Waals surface area contributed by atoms with E-state index in [0.29, 0.717) is 26.1 Å². The molecule has 2 heterocycles. The lowest BCUT2D eigenvalue weighted by Gasteiger charge is -2.35. The number of aromatic nitrogens is 2. The van der Waals surface area contributed by atoms with Crippen LogP contribution >= 0.6 is 0 Å². The summed E-state index contributed by atoms with van der Waals surface area (Å²) in [6.07, 6.45) is 2.03. The van der Waals surface area contributed by atoms with Crippen molar-refractivity contribution in [2.24, 2.45) is 5.92 Å². The van der Waals surface area contributed by atoms with Crippen LogP contribution in [0.4, 0.5) is 16.2 Å². The minimum Gasteiger partial charge on any atom is -0.368 e. The van der Waals surface area contributed by atoms with E-state index in [4.69, 9.17) is 5.73 Å². The Morgan fingerprint density at radius 1 is 1.27 bits per heavy atom. The van der Waals surface area contributed by atoms with Crippen LogP contribution in [0, 0.1) is 11.7 Å². The maximum absolute atomic E-state index is 13.2. The average Bonchev–Trinajstić information content (AvgIpc) is 2.77. The number of rotatable bonds is 4. The molecule has 7 heteroatoms. The van der Waals surface area contributed by atoms with Crippen LogP contribution in [-0.4, -0.2) is 39.9 Å². The third kappa shape index (κ3) is 4.09. The molecule has 6 nitrogen and oxygen atoms in total. The van der Waals surface area contributed by atoms with Crippen molar-refractivity contribution < 1.29 is 9.18 Å². The Balaban J connectivity index is 1.85. The lowest BCUT2D eigenvalue weighted by Crippen LogP contribution is -2.46. The molecule has 1 saturated heterocycles. The Hall–Kier alpha value is -2.70. The molecular formula is C19H24FN5O. The van der Waals surface area contributed by atoms with Crippen LogP contribution in [0.3, 0.4) is 0 Å². The molecule has 2 aromatic rings. The van der Waals surface area contributed by atoms with E-state index in [0.717, 1.165) is 11.4 Å². The van der Waals surface area contributed by atoms with E-state index in [1.165, 1.54) is 12.1 Å². The van der Waals surface area contributed by atoms with E-state index in [-0.39, 0.29) is 29.6 Å². The van der Waals surface area contributed by atoms with Crippen LogP contribution in [0.1, 0.15) is 25.8 Å². The summed E-state index contributed by atoms with van der Waals surface area (Å²) in [5, 5.41) is 0. The number of halogens is 1. The molecule has 3 rings (SSSR count). The van der Waals surface area contributed by atoms with E-state index in [1.54, 1.807) is 18.3 Å². The highest BCUT2D eigenvalue weighted by atomic mass is 19.1. The van der Waals surface area contributed by atoms with Gasteiger partial charge >= 0.3 is 0 Å². The number of hydrogen-bond acceptors (Lipinski definition) is 5. The van der Waals surface area contributed by atoms with Crippen molar-refractivity contribution in [1.82, 2.24) is 14.9 Å². The third-order valence-corrected chi connectivity index (χ3v) is 4.74. The summed E-state index contributed by atoms with van der Waals surface area (Å²) in [5.41, 5.74) is 6.63. The van der Waals surface area contributed by atoms with Gasteiger partial charge in [-0.2, -0.15) is 4.98 Å². The van der Waals surface area contributed by atoms with Gasteiger partial charge in [-0.15, -0.1) is 0 Å². The second-order valence-corrected chi connectivity index (χ2v) is 6.93. The van der Waals surface area contributed by atoms with Gasteiger partial charge in [-0.25, -0.2) is 9.37 Å². The summed E-state index contributed by atoms with van der Waals surface area (Å²) >= 11 is 0. The molecule has 2 N–H and O–H groups in total. The highest BCUT2D eigenvalue weighted by Crippen LogP contribution is 2.24. The van der Waals surface area contributed by atoms with Crippen molar-refractivity contribution >= 4 is 17.7 Å². The molecule has 0 radical (unpaired) electrons. The second kappa shape index (κ2) is 7.68. The zero-order chi connectivity index (χ0) is 18.7. The Labute approximate surface area is 152 Å². The second-order valence-electron chi connectivity index (χ2n) is 6.93. The summed E-state index contributed by atoms with van der Waals surface area (Å²) < 4.78 is 13.2. The van der Waals surface area contributed by atoms with E-state index in [1.807, 2.05) is 11.0 Å². The third-order valence-electron chi connectivity index (χ3n) is 4.74. The van der Waals surface area contributed by atoms with Crippen LogP contribution < -0.4 is 10.6 Å². The average molecular weight is 357 g/mol. The number of nitrogens with two attached hydrogens (primary N) is 1. The van der Waals surface area contributed by atoms with Gasteiger partial charge in [0.05, 0.1) is 6.04 Å². The van der Waals surface area contributed by atoms with Gasteiger partial charge in [0.2, 0.25) is 11.9 Å². The summed E-state index contributed by atoms with van der Waals surface area (Å²) in [6.45, 7) is 5.93. The molecule has 1 atom stereocenters. The highest BCUT2D eigenvalue weighted by Gasteiger charge is 2.32.